The third-order valence-electron chi connectivity index (χ3n) is 3.76. The van der Waals surface area contributed by atoms with Crippen molar-refractivity contribution in [3.05, 3.63) is 29.3 Å². The Kier molecular flexibility index (Phi) is 4.43. The van der Waals surface area contributed by atoms with Gasteiger partial charge in [-0.05, 0) is 37.0 Å². The molecule has 1 aliphatic rings. The molecule has 0 spiro atoms. The van der Waals surface area contributed by atoms with Crippen molar-refractivity contribution < 1.29 is 18.3 Å². The molecule has 1 aliphatic carbocycles. The maximum atomic E-state index is 12.9. The Morgan fingerprint density at radius 3 is 2.52 bits per heavy atom. The second kappa shape index (κ2) is 5.81. The first-order valence-electron chi connectivity index (χ1n) is 6.58. The summed E-state index contributed by atoms with van der Waals surface area (Å²) in [5, 5.41) is 9.27. The van der Waals surface area contributed by atoms with Gasteiger partial charge in [0, 0.05) is 24.8 Å². The molecule has 0 saturated heterocycles. The van der Waals surface area contributed by atoms with Crippen LogP contribution < -0.4 is 10.6 Å². The third kappa shape index (κ3) is 3.65. The van der Waals surface area contributed by atoms with Crippen LogP contribution in [0.1, 0.15) is 24.0 Å². The predicted octanol–water partition coefficient (Wildman–Crippen LogP) is 2.55. The van der Waals surface area contributed by atoms with Crippen LogP contribution >= 0.6 is 12.2 Å². The number of benzene rings is 1. The van der Waals surface area contributed by atoms with Crippen LogP contribution in [0.25, 0.3) is 0 Å². The molecule has 0 amide bonds. The number of anilines is 1. The first kappa shape index (κ1) is 16.0. The summed E-state index contributed by atoms with van der Waals surface area (Å²) in [6.07, 6.45) is -3.27. The van der Waals surface area contributed by atoms with Crippen LogP contribution in [0.3, 0.4) is 0 Å². The summed E-state index contributed by atoms with van der Waals surface area (Å²) in [5.41, 5.74) is 5.08. The molecule has 1 aromatic rings. The second-order valence-corrected chi connectivity index (χ2v) is 5.90. The maximum absolute atomic E-state index is 12.9. The smallest absolute Gasteiger partial charge is 0.393 e. The lowest BCUT2D eigenvalue weighted by atomic mass is 9.82. The van der Waals surface area contributed by atoms with E-state index in [1.165, 1.54) is 12.1 Å². The fourth-order valence-corrected chi connectivity index (χ4v) is 2.73. The minimum absolute atomic E-state index is 0.157. The minimum Gasteiger partial charge on any atom is -0.393 e. The molecule has 1 aromatic carbocycles. The van der Waals surface area contributed by atoms with Gasteiger partial charge < -0.3 is 15.7 Å². The normalized spacial score (nSPS) is 21.8. The van der Waals surface area contributed by atoms with Gasteiger partial charge in [-0.15, -0.1) is 0 Å². The minimum atomic E-state index is -4.48. The monoisotopic (exact) mass is 318 g/mol. The highest BCUT2D eigenvalue weighted by Crippen LogP contribution is 2.35. The molecule has 0 unspecified atom stereocenters. The highest BCUT2D eigenvalue weighted by Gasteiger charge is 2.34. The van der Waals surface area contributed by atoms with Crippen molar-refractivity contribution in [3.63, 3.8) is 0 Å². The van der Waals surface area contributed by atoms with Gasteiger partial charge in [0.2, 0.25) is 0 Å². The topological polar surface area (TPSA) is 49.5 Å². The Morgan fingerprint density at radius 1 is 1.43 bits per heavy atom. The molecule has 0 atom stereocenters. The quantitative estimate of drug-likeness (QED) is 0.838. The number of halogens is 3. The molecule has 1 fully saturated rings. The Hall–Kier alpha value is -1.34. The number of hydrogen-bond acceptors (Lipinski definition) is 3. The highest BCUT2D eigenvalue weighted by atomic mass is 32.1. The molecule has 3 nitrogen and oxygen atoms in total. The van der Waals surface area contributed by atoms with Gasteiger partial charge in [-0.1, -0.05) is 12.2 Å². The van der Waals surface area contributed by atoms with Crippen LogP contribution in [0.2, 0.25) is 0 Å². The van der Waals surface area contributed by atoms with Crippen molar-refractivity contribution in [2.24, 2.45) is 11.7 Å². The van der Waals surface area contributed by atoms with Gasteiger partial charge in [0.05, 0.1) is 11.7 Å². The maximum Gasteiger partial charge on any atom is 0.417 e. The van der Waals surface area contributed by atoms with Crippen LogP contribution in [0.15, 0.2) is 18.2 Å². The number of aliphatic hydroxyl groups excluding tert-OH is 1. The van der Waals surface area contributed by atoms with Gasteiger partial charge >= 0.3 is 6.18 Å². The van der Waals surface area contributed by atoms with E-state index in [2.05, 4.69) is 0 Å². The van der Waals surface area contributed by atoms with Crippen molar-refractivity contribution in [2.75, 3.05) is 18.5 Å². The average molecular weight is 318 g/mol. The Balaban J connectivity index is 2.21. The van der Waals surface area contributed by atoms with E-state index in [0.717, 1.165) is 18.9 Å². The molecule has 1 saturated carbocycles. The fraction of sp³-hybridized carbons (Fsp3) is 0.500. The second-order valence-electron chi connectivity index (χ2n) is 5.46. The molecule has 2 rings (SSSR count). The molecule has 0 aromatic heterocycles. The lowest BCUT2D eigenvalue weighted by molar-refractivity contribution is -0.137. The number of alkyl halides is 3. The van der Waals surface area contributed by atoms with E-state index in [9.17, 15) is 18.3 Å². The average Bonchev–Trinajstić information content (AvgIpc) is 2.35. The van der Waals surface area contributed by atoms with Gasteiger partial charge in [-0.2, -0.15) is 13.2 Å². The number of thiocarbonyl (C=S) groups is 1. The Labute approximate surface area is 126 Å². The fourth-order valence-electron chi connectivity index (χ4n) is 2.56. The molecule has 21 heavy (non-hydrogen) atoms. The van der Waals surface area contributed by atoms with E-state index in [1.54, 1.807) is 7.05 Å². The largest absolute Gasteiger partial charge is 0.417 e. The first-order chi connectivity index (χ1) is 9.68. The Bertz CT molecular complexity index is 542. The Morgan fingerprint density at radius 2 is 2.05 bits per heavy atom. The standard InChI is InChI=1S/C14H17F3N2OS/c1-19(7-8-4-10(20)5-8)9-2-3-12(14(15,16)17)11(6-9)13(18)21/h2-3,6,8,10,20H,4-5,7H2,1H3,(H2,18,21). The number of aliphatic hydroxyl groups is 1. The summed E-state index contributed by atoms with van der Waals surface area (Å²) in [4.78, 5) is 1.59. The van der Waals surface area contributed by atoms with Crippen molar-refractivity contribution in [3.8, 4) is 0 Å². The summed E-state index contributed by atoms with van der Waals surface area (Å²) in [7, 11) is 1.80. The number of nitrogens with zero attached hydrogens (tertiary/aromatic N) is 1. The summed E-state index contributed by atoms with van der Waals surface area (Å²) >= 11 is 4.73. The van der Waals surface area contributed by atoms with Crippen LogP contribution in [-0.2, 0) is 6.18 Å². The van der Waals surface area contributed by atoms with E-state index < -0.39 is 11.7 Å². The van der Waals surface area contributed by atoms with Crippen LogP contribution in [0, 0.1) is 5.92 Å². The summed E-state index contributed by atoms with van der Waals surface area (Å²) < 4.78 is 38.7. The molecule has 0 radical (unpaired) electrons. The molecule has 0 bridgehead atoms. The summed E-state index contributed by atoms with van der Waals surface area (Å²) in [5.74, 6) is 0.362. The molecular weight excluding hydrogens is 301 g/mol. The van der Waals surface area contributed by atoms with Crippen LogP contribution in [0.4, 0.5) is 18.9 Å². The van der Waals surface area contributed by atoms with Crippen LogP contribution in [-0.4, -0.2) is 29.8 Å². The van der Waals surface area contributed by atoms with Crippen molar-refractivity contribution in [1.29, 1.82) is 0 Å². The van der Waals surface area contributed by atoms with Crippen LogP contribution in [0.5, 0.6) is 0 Å². The van der Waals surface area contributed by atoms with E-state index in [4.69, 9.17) is 18.0 Å². The van der Waals surface area contributed by atoms with Crippen molar-refractivity contribution >= 4 is 22.9 Å². The van der Waals surface area contributed by atoms with E-state index >= 15 is 0 Å². The van der Waals surface area contributed by atoms with Gasteiger partial charge in [0.1, 0.15) is 4.99 Å². The zero-order valence-electron chi connectivity index (χ0n) is 11.5. The van der Waals surface area contributed by atoms with Gasteiger partial charge in [0.15, 0.2) is 0 Å². The zero-order valence-corrected chi connectivity index (χ0v) is 12.3. The first-order valence-corrected chi connectivity index (χ1v) is 6.99. The van der Waals surface area contributed by atoms with Gasteiger partial charge in [-0.25, -0.2) is 0 Å². The number of hydrogen-bond donors (Lipinski definition) is 2. The van der Waals surface area contributed by atoms with Gasteiger partial charge in [-0.3, -0.25) is 0 Å². The lowest BCUT2D eigenvalue weighted by Gasteiger charge is -2.35. The number of nitrogens with two attached hydrogens (primary N) is 1. The third-order valence-corrected chi connectivity index (χ3v) is 3.98. The van der Waals surface area contributed by atoms with Crippen molar-refractivity contribution in [2.45, 2.75) is 25.1 Å². The highest BCUT2D eigenvalue weighted by molar-refractivity contribution is 7.80. The molecule has 116 valence electrons. The SMILES string of the molecule is CN(CC1CC(O)C1)c1ccc(C(F)(F)F)c(C(N)=S)c1. The zero-order chi connectivity index (χ0) is 15.8. The molecule has 0 heterocycles. The van der Waals surface area contributed by atoms with Gasteiger partial charge in [0.25, 0.3) is 0 Å². The summed E-state index contributed by atoms with van der Waals surface area (Å²) in [6, 6.07) is 3.80. The van der Waals surface area contributed by atoms with E-state index in [-0.39, 0.29) is 16.7 Å². The van der Waals surface area contributed by atoms with Crippen molar-refractivity contribution in [1.82, 2.24) is 0 Å². The van der Waals surface area contributed by atoms with E-state index in [0.29, 0.717) is 18.2 Å². The summed E-state index contributed by atoms with van der Waals surface area (Å²) in [6.45, 7) is 0.680. The molecule has 0 aliphatic heterocycles. The lowest BCUT2D eigenvalue weighted by Crippen LogP contribution is -2.37. The van der Waals surface area contributed by atoms with E-state index in [1.807, 2.05) is 4.90 Å². The molecular formula is C14H17F3N2OS. The predicted molar refractivity (Wildman–Crippen MR) is 79.3 cm³/mol. The molecule has 3 N–H and O–H groups in total. The molecule has 7 heteroatoms. The number of rotatable bonds is 4.